The number of nitrogens with zero attached hydrogens (tertiary/aromatic N) is 4. The van der Waals surface area contributed by atoms with Gasteiger partial charge >= 0.3 is 6.09 Å². The third-order valence-electron chi connectivity index (χ3n) is 8.63. The van der Waals surface area contributed by atoms with E-state index in [0.717, 1.165) is 43.6 Å². The maximum Gasteiger partial charge on any atom is 0.411 e. The lowest BCUT2D eigenvalue weighted by atomic mass is 9.51. The van der Waals surface area contributed by atoms with Crippen LogP contribution in [-0.4, -0.2) is 63.9 Å². The lowest BCUT2D eigenvalue weighted by molar-refractivity contribution is -0.423. The summed E-state index contributed by atoms with van der Waals surface area (Å²) in [5.41, 5.74) is 1.77. The Morgan fingerprint density at radius 1 is 1.54 bits per heavy atom. The molecule has 0 aromatic carbocycles. The monoisotopic (exact) mass is 523 g/mol. The van der Waals surface area contributed by atoms with Gasteiger partial charge in [0.15, 0.2) is 0 Å². The van der Waals surface area contributed by atoms with Crippen molar-refractivity contribution in [1.82, 2.24) is 20.1 Å². The highest BCUT2D eigenvalue weighted by molar-refractivity contribution is 6.30. The van der Waals surface area contributed by atoms with Crippen LogP contribution in [-0.2, 0) is 4.74 Å². The van der Waals surface area contributed by atoms with E-state index in [2.05, 4.69) is 46.3 Å². The normalized spacial score (nSPS) is 31.6. The molecule has 2 aliphatic heterocycles. The molecule has 1 spiro atoms. The summed E-state index contributed by atoms with van der Waals surface area (Å²) in [5.74, 6) is 0.906. The molecule has 37 heavy (non-hydrogen) atoms. The standard InChI is InChI=1S/C28H35ClN6O2/c1-5-18(3)37-27(36)35-24-9-11-28(24)14-21(16-31-26(28)35)34-12-10-20(17-34)25(33(4)6-2)32-23-8-7-19(15-30)13-22(23)29/h6-7,10,12-13,17-18,21,23-24,26,31H,2,5,8-9,11,14,16H2,1,3-4H3/p+1. The number of amidine groups is 1. The lowest BCUT2D eigenvalue weighted by Gasteiger charge is -2.72. The molecule has 4 aliphatic rings. The van der Waals surface area contributed by atoms with Crippen molar-refractivity contribution in [2.75, 3.05) is 13.6 Å². The van der Waals surface area contributed by atoms with Gasteiger partial charge in [-0.1, -0.05) is 31.2 Å². The fraction of sp³-hybridized carbons (Fsp3) is 0.536. The number of carbonyl (C=O) groups excluding carboxylic acids is 1. The summed E-state index contributed by atoms with van der Waals surface area (Å²) >= 11 is 6.50. The van der Waals surface area contributed by atoms with Gasteiger partial charge in [0.2, 0.25) is 0 Å². The van der Waals surface area contributed by atoms with Crippen molar-refractivity contribution in [3.05, 3.63) is 59.6 Å². The Kier molecular flexibility index (Phi) is 6.95. The molecule has 9 heteroatoms. The minimum atomic E-state index is -0.182. The quantitative estimate of drug-likeness (QED) is 0.331. The molecule has 1 aromatic heterocycles. The molecule has 2 saturated heterocycles. The number of ether oxygens (including phenoxy) is 1. The molecule has 0 radical (unpaired) electrons. The first kappa shape index (κ1) is 25.6. The fourth-order valence-electron chi connectivity index (χ4n) is 6.22. The molecule has 196 valence electrons. The van der Waals surface area contributed by atoms with Gasteiger partial charge in [0.1, 0.15) is 12.1 Å². The summed E-state index contributed by atoms with van der Waals surface area (Å²) < 4.78 is 9.88. The van der Waals surface area contributed by atoms with Gasteiger partial charge in [-0.25, -0.2) is 9.37 Å². The van der Waals surface area contributed by atoms with Crippen molar-refractivity contribution in [3.63, 3.8) is 0 Å². The van der Waals surface area contributed by atoms with Gasteiger partial charge in [0, 0.05) is 48.4 Å². The van der Waals surface area contributed by atoms with Crippen LogP contribution in [0.4, 0.5) is 4.79 Å². The summed E-state index contributed by atoms with van der Waals surface area (Å²) in [6.07, 6.45) is 14.2. The average Bonchev–Trinajstić information content (AvgIpc) is 3.39. The average molecular weight is 524 g/mol. The van der Waals surface area contributed by atoms with Gasteiger partial charge in [-0.15, -0.1) is 0 Å². The van der Waals surface area contributed by atoms with Gasteiger partial charge in [0.05, 0.1) is 36.1 Å². The maximum atomic E-state index is 12.8. The largest absolute Gasteiger partial charge is 0.446 e. The van der Waals surface area contributed by atoms with Crippen molar-refractivity contribution in [2.24, 2.45) is 5.41 Å². The molecule has 2 aliphatic carbocycles. The fourth-order valence-corrected chi connectivity index (χ4v) is 6.48. The van der Waals surface area contributed by atoms with Crippen LogP contribution in [0.25, 0.3) is 0 Å². The minimum absolute atomic E-state index is 0.0617. The van der Waals surface area contributed by atoms with E-state index in [-0.39, 0.29) is 35.9 Å². The van der Waals surface area contributed by atoms with Gasteiger partial charge in [-0.2, -0.15) is 5.26 Å². The van der Waals surface area contributed by atoms with Crippen LogP contribution in [0.15, 0.2) is 54.0 Å². The highest BCUT2D eigenvalue weighted by atomic mass is 35.5. The van der Waals surface area contributed by atoms with Crippen molar-refractivity contribution >= 4 is 23.5 Å². The van der Waals surface area contributed by atoms with Crippen molar-refractivity contribution in [3.8, 4) is 6.07 Å². The number of aromatic nitrogens is 1. The SMILES string of the molecule is C=C[N+](C)=C(NC1CC=C(C#N)C=C1Cl)c1ccn(C2CNC3N(C(=O)OC(C)CC)C4CCC43C2)c1. The Morgan fingerprint density at radius 3 is 3.00 bits per heavy atom. The number of nitriles is 1. The number of rotatable bonds is 6. The second-order valence-corrected chi connectivity index (χ2v) is 11.1. The summed E-state index contributed by atoms with van der Waals surface area (Å²) in [5, 5.41) is 17.0. The summed E-state index contributed by atoms with van der Waals surface area (Å²) in [6, 6.07) is 4.72. The van der Waals surface area contributed by atoms with Crippen LogP contribution >= 0.6 is 11.6 Å². The Morgan fingerprint density at radius 2 is 2.35 bits per heavy atom. The first-order chi connectivity index (χ1) is 17.8. The smallest absolute Gasteiger partial charge is 0.411 e. The highest BCUT2D eigenvalue weighted by Crippen LogP contribution is 2.62. The van der Waals surface area contributed by atoms with Gasteiger partial charge in [0.25, 0.3) is 5.84 Å². The minimum Gasteiger partial charge on any atom is -0.446 e. The summed E-state index contributed by atoms with van der Waals surface area (Å²) in [4.78, 5) is 14.7. The molecule has 0 bridgehead atoms. The second-order valence-electron chi connectivity index (χ2n) is 10.7. The first-order valence-electron chi connectivity index (χ1n) is 13.2. The molecular formula is C28H36ClN6O2+. The maximum absolute atomic E-state index is 12.8. The number of piperidine rings is 2. The van der Waals surface area contributed by atoms with Gasteiger partial charge in [-0.05, 0) is 44.7 Å². The molecule has 2 N–H and O–H groups in total. The molecule has 1 amide bonds. The molecule has 6 unspecified atom stereocenters. The van der Waals surface area contributed by atoms with Gasteiger partial charge < -0.3 is 9.30 Å². The van der Waals surface area contributed by atoms with Crippen LogP contribution in [0.2, 0.25) is 0 Å². The molecule has 3 fully saturated rings. The van der Waals surface area contributed by atoms with Crippen LogP contribution < -0.4 is 10.6 Å². The number of carbonyl (C=O) groups is 1. The second kappa shape index (κ2) is 10.0. The zero-order valence-electron chi connectivity index (χ0n) is 21.8. The van der Waals surface area contributed by atoms with E-state index in [1.807, 2.05) is 36.4 Å². The van der Waals surface area contributed by atoms with Crippen LogP contribution in [0, 0.1) is 16.7 Å². The van der Waals surface area contributed by atoms with Crippen molar-refractivity contribution in [2.45, 2.75) is 76.3 Å². The Labute approximate surface area is 223 Å². The topological polar surface area (TPSA) is 85.3 Å². The number of halogens is 1. The number of allylic oxidation sites excluding steroid dienone is 2. The highest BCUT2D eigenvalue weighted by Gasteiger charge is 2.69. The summed E-state index contributed by atoms with van der Waals surface area (Å²) in [7, 11) is 1.95. The van der Waals surface area contributed by atoms with E-state index in [0.29, 0.717) is 23.1 Å². The number of amides is 1. The van der Waals surface area contributed by atoms with Crippen molar-refractivity contribution in [1.29, 1.82) is 5.26 Å². The van der Waals surface area contributed by atoms with Gasteiger partial charge in [-0.3, -0.25) is 15.5 Å². The third kappa shape index (κ3) is 4.38. The van der Waals surface area contributed by atoms with Crippen LogP contribution in [0.3, 0.4) is 0 Å². The number of hydrogen-bond acceptors (Lipinski definition) is 4. The number of likely N-dealkylation sites (tertiary alicyclic amines) is 1. The molecular weight excluding hydrogens is 488 g/mol. The lowest BCUT2D eigenvalue weighted by Crippen LogP contribution is -2.84. The zero-order chi connectivity index (χ0) is 26.3. The zero-order valence-corrected chi connectivity index (χ0v) is 22.5. The molecule has 3 heterocycles. The Balaban J connectivity index is 1.29. The predicted octanol–water partition coefficient (Wildman–Crippen LogP) is 4.22. The van der Waals surface area contributed by atoms with Crippen LogP contribution in [0.5, 0.6) is 0 Å². The number of nitrogens with one attached hydrogen (secondary N) is 2. The van der Waals surface area contributed by atoms with Crippen molar-refractivity contribution < 1.29 is 14.1 Å². The Hall–Kier alpha value is -3.02. The third-order valence-corrected chi connectivity index (χ3v) is 9.00. The summed E-state index contributed by atoms with van der Waals surface area (Å²) in [6.45, 7) is 8.71. The van der Waals surface area contributed by atoms with E-state index in [9.17, 15) is 10.1 Å². The van der Waals surface area contributed by atoms with E-state index >= 15 is 0 Å². The molecule has 1 aromatic rings. The molecule has 5 rings (SSSR count). The predicted molar refractivity (Wildman–Crippen MR) is 143 cm³/mol. The number of hydrogen-bond donors (Lipinski definition) is 2. The van der Waals surface area contributed by atoms with E-state index in [1.54, 1.807) is 12.3 Å². The van der Waals surface area contributed by atoms with E-state index in [1.165, 1.54) is 0 Å². The Bertz CT molecular complexity index is 1230. The molecule has 8 nitrogen and oxygen atoms in total. The van der Waals surface area contributed by atoms with E-state index in [4.69, 9.17) is 16.3 Å². The first-order valence-corrected chi connectivity index (χ1v) is 13.6. The van der Waals surface area contributed by atoms with Crippen LogP contribution in [0.1, 0.15) is 57.6 Å². The molecule has 6 atom stereocenters. The molecule has 1 saturated carbocycles. The van der Waals surface area contributed by atoms with E-state index < -0.39 is 0 Å².